The van der Waals surface area contributed by atoms with Crippen molar-refractivity contribution in [3.63, 3.8) is 0 Å². The Morgan fingerprint density at radius 1 is 0.884 bits per heavy atom. The van der Waals surface area contributed by atoms with Crippen LogP contribution in [-0.4, -0.2) is 45.6 Å². The van der Waals surface area contributed by atoms with Gasteiger partial charge in [0.2, 0.25) is 0 Å². The average Bonchev–Trinajstić information content (AvgIpc) is 3.54. The van der Waals surface area contributed by atoms with Crippen LogP contribution in [0, 0.1) is 6.92 Å². The van der Waals surface area contributed by atoms with Crippen molar-refractivity contribution in [1.82, 2.24) is 24.5 Å². The molecule has 5 rings (SSSR count). The smallest absolute Gasteiger partial charge is 0.406 e. The number of hydrogen-bond donors (Lipinski definition) is 0. The predicted octanol–water partition coefficient (Wildman–Crippen LogP) is 6.34. The molecule has 0 fully saturated rings. The fourth-order valence-electron chi connectivity index (χ4n) is 4.43. The van der Waals surface area contributed by atoms with Gasteiger partial charge in [0, 0.05) is 18.9 Å². The zero-order valence-corrected chi connectivity index (χ0v) is 23.2. The van der Waals surface area contributed by atoms with E-state index < -0.39 is 33.8 Å². The maximum absolute atomic E-state index is 13.5. The van der Waals surface area contributed by atoms with Crippen LogP contribution >= 0.6 is 0 Å². The second kappa shape index (κ2) is 10.9. The lowest BCUT2D eigenvalue weighted by Crippen LogP contribution is -2.17. The molecule has 0 spiro atoms. The standard InChI is InChI=1S/C28H21F6N5O3S/c1-17-36-26(27(29,30)31)16-38(17)24-11-8-20(19-4-3-5-23(13-19)43(2,40)41)14-25(24)39-21(15-35-37-39)12-18-6-9-22(10-7-18)42-28(32,33)34/h3-11,13-16H,12H2,1-2H3. The summed E-state index contributed by atoms with van der Waals surface area (Å²) in [6.45, 7) is 1.41. The molecule has 0 N–H and O–H groups in total. The molecule has 224 valence electrons. The third kappa shape index (κ3) is 6.71. The molecule has 0 bridgehead atoms. The largest absolute Gasteiger partial charge is 0.573 e. The van der Waals surface area contributed by atoms with E-state index in [1.165, 1.54) is 46.6 Å². The van der Waals surface area contributed by atoms with Crippen LogP contribution in [0.1, 0.15) is 22.8 Å². The summed E-state index contributed by atoms with van der Waals surface area (Å²) in [7, 11) is -3.53. The fraction of sp³-hybridized carbons (Fsp3) is 0.179. The molecular formula is C28H21F6N5O3S. The van der Waals surface area contributed by atoms with Crippen LogP contribution in [0.25, 0.3) is 22.5 Å². The summed E-state index contributed by atoms with van der Waals surface area (Å²) in [5, 5.41) is 8.12. The van der Waals surface area contributed by atoms with Crippen LogP contribution in [0.2, 0.25) is 0 Å². The molecule has 0 unspecified atom stereocenters. The van der Waals surface area contributed by atoms with Gasteiger partial charge in [-0.3, -0.25) is 0 Å². The highest BCUT2D eigenvalue weighted by molar-refractivity contribution is 7.90. The molecule has 15 heteroatoms. The SMILES string of the molecule is Cc1nc(C(F)(F)F)cn1-c1ccc(-c2cccc(S(C)(=O)=O)c2)cc1-n1nncc1Cc1ccc(OC(F)(F)F)cc1. The van der Waals surface area contributed by atoms with Gasteiger partial charge < -0.3 is 9.30 Å². The molecule has 2 heterocycles. The second-order valence-electron chi connectivity index (χ2n) is 9.55. The van der Waals surface area contributed by atoms with Gasteiger partial charge in [-0.2, -0.15) is 13.2 Å². The maximum atomic E-state index is 13.5. The Labute approximate surface area is 241 Å². The van der Waals surface area contributed by atoms with Crippen molar-refractivity contribution < 1.29 is 39.5 Å². The Balaban J connectivity index is 1.62. The van der Waals surface area contributed by atoms with Crippen LogP contribution in [-0.2, 0) is 22.4 Å². The molecule has 0 amide bonds. The number of alkyl halides is 6. The van der Waals surface area contributed by atoms with Gasteiger partial charge in [-0.1, -0.05) is 35.5 Å². The van der Waals surface area contributed by atoms with Gasteiger partial charge in [0.05, 0.1) is 28.2 Å². The third-order valence-electron chi connectivity index (χ3n) is 6.39. The normalized spacial score (nSPS) is 12.5. The van der Waals surface area contributed by atoms with E-state index in [9.17, 15) is 34.8 Å². The lowest BCUT2D eigenvalue weighted by atomic mass is 10.0. The Morgan fingerprint density at radius 3 is 2.21 bits per heavy atom. The summed E-state index contributed by atoms with van der Waals surface area (Å²) in [5.41, 5.74) is 1.56. The topological polar surface area (TPSA) is 91.9 Å². The number of sulfone groups is 1. The number of benzene rings is 3. The fourth-order valence-corrected chi connectivity index (χ4v) is 5.10. The molecule has 2 aromatic heterocycles. The molecule has 5 aromatic rings. The predicted molar refractivity (Wildman–Crippen MR) is 143 cm³/mol. The van der Waals surface area contributed by atoms with E-state index >= 15 is 0 Å². The monoisotopic (exact) mass is 621 g/mol. The number of aryl methyl sites for hydroxylation is 1. The summed E-state index contributed by atoms with van der Waals surface area (Å²) in [6.07, 6.45) is -6.05. The molecular weight excluding hydrogens is 600 g/mol. The molecule has 0 radical (unpaired) electrons. The summed E-state index contributed by atoms with van der Waals surface area (Å²) in [5.74, 6) is -0.354. The molecule has 0 aliphatic heterocycles. The van der Waals surface area contributed by atoms with Crippen molar-refractivity contribution >= 4 is 9.84 Å². The van der Waals surface area contributed by atoms with Crippen molar-refractivity contribution in [2.45, 2.75) is 30.8 Å². The minimum atomic E-state index is -4.84. The molecule has 0 aliphatic carbocycles. The van der Waals surface area contributed by atoms with Crippen molar-refractivity contribution in [1.29, 1.82) is 0 Å². The number of ether oxygens (including phenoxy) is 1. The van der Waals surface area contributed by atoms with E-state index in [-0.39, 0.29) is 22.8 Å². The maximum Gasteiger partial charge on any atom is 0.573 e. The molecule has 0 atom stereocenters. The van der Waals surface area contributed by atoms with Gasteiger partial charge in [0.25, 0.3) is 0 Å². The van der Waals surface area contributed by atoms with Crippen LogP contribution in [0.15, 0.2) is 84.0 Å². The van der Waals surface area contributed by atoms with Crippen molar-refractivity contribution in [2.75, 3.05) is 6.26 Å². The highest BCUT2D eigenvalue weighted by atomic mass is 32.2. The van der Waals surface area contributed by atoms with Gasteiger partial charge in [0.15, 0.2) is 15.5 Å². The van der Waals surface area contributed by atoms with Crippen LogP contribution in [0.4, 0.5) is 26.3 Å². The zero-order valence-electron chi connectivity index (χ0n) is 22.3. The number of aromatic nitrogens is 5. The Morgan fingerprint density at radius 2 is 1.58 bits per heavy atom. The Kier molecular flexibility index (Phi) is 7.54. The first-order valence-corrected chi connectivity index (χ1v) is 14.3. The van der Waals surface area contributed by atoms with Gasteiger partial charge >= 0.3 is 12.5 Å². The first kappa shape index (κ1) is 29.8. The van der Waals surface area contributed by atoms with Gasteiger partial charge in [-0.05, 0) is 60.0 Å². The zero-order chi connectivity index (χ0) is 31.2. The van der Waals surface area contributed by atoms with E-state index in [0.717, 1.165) is 24.6 Å². The number of imidazole rings is 1. The van der Waals surface area contributed by atoms with E-state index in [1.54, 1.807) is 30.3 Å². The van der Waals surface area contributed by atoms with Crippen LogP contribution in [0.5, 0.6) is 5.75 Å². The van der Waals surface area contributed by atoms with E-state index in [2.05, 4.69) is 20.0 Å². The van der Waals surface area contributed by atoms with Crippen molar-refractivity contribution in [3.8, 4) is 28.3 Å². The summed E-state index contributed by atoms with van der Waals surface area (Å²) < 4.78 is 109. The molecule has 0 saturated carbocycles. The molecule has 0 saturated heterocycles. The number of nitrogens with zero attached hydrogens (tertiary/aromatic N) is 5. The highest BCUT2D eigenvalue weighted by Gasteiger charge is 2.35. The lowest BCUT2D eigenvalue weighted by molar-refractivity contribution is -0.274. The molecule has 3 aromatic carbocycles. The van der Waals surface area contributed by atoms with Crippen LogP contribution in [0.3, 0.4) is 0 Å². The summed E-state index contributed by atoms with van der Waals surface area (Å²) >= 11 is 0. The molecule has 0 aliphatic rings. The van der Waals surface area contributed by atoms with Gasteiger partial charge in [-0.15, -0.1) is 18.3 Å². The van der Waals surface area contributed by atoms with Gasteiger partial charge in [0.1, 0.15) is 11.6 Å². The van der Waals surface area contributed by atoms with E-state index in [4.69, 9.17) is 0 Å². The highest BCUT2D eigenvalue weighted by Crippen LogP contribution is 2.33. The Hall–Kier alpha value is -4.66. The summed E-state index contributed by atoms with van der Waals surface area (Å²) in [6, 6.07) is 16.2. The second-order valence-corrected chi connectivity index (χ2v) is 11.6. The van der Waals surface area contributed by atoms with Crippen LogP contribution < -0.4 is 4.74 Å². The number of halogens is 6. The van der Waals surface area contributed by atoms with Gasteiger partial charge in [-0.25, -0.2) is 18.1 Å². The van der Waals surface area contributed by atoms with E-state index in [1.807, 2.05) is 0 Å². The first-order valence-electron chi connectivity index (χ1n) is 12.4. The van der Waals surface area contributed by atoms with Crippen molar-refractivity contribution in [3.05, 3.63) is 102 Å². The molecule has 43 heavy (non-hydrogen) atoms. The quantitative estimate of drug-likeness (QED) is 0.197. The molecule has 8 nitrogen and oxygen atoms in total. The third-order valence-corrected chi connectivity index (χ3v) is 7.50. The Bertz CT molecular complexity index is 1900. The number of rotatable bonds is 7. The first-order chi connectivity index (χ1) is 20.1. The number of hydrogen-bond acceptors (Lipinski definition) is 6. The minimum Gasteiger partial charge on any atom is -0.406 e. The van der Waals surface area contributed by atoms with Crippen molar-refractivity contribution in [2.24, 2.45) is 0 Å². The minimum absolute atomic E-state index is 0.0438. The van der Waals surface area contributed by atoms with E-state index in [0.29, 0.717) is 28.1 Å². The average molecular weight is 622 g/mol. The summed E-state index contributed by atoms with van der Waals surface area (Å²) in [4.78, 5) is 3.74. The lowest BCUT2D eigenvalue weighted by Gasteiger charge is -2.16.